The van der Waals surface area contributed by atoms with Gasteiger partial charge in [-0.2, -0.15) is 0 Å². The third kappa shape index (κ3) is 5.27. The molecule has 0 fully saturated rings. The number of nitrogens with zero attached hydrogens (tertiary/aromatic N) is 2. The summed E-state index contributed by atoms with van der Waals surface area (Å²) in [6, 6.07) is 27.1. The monoisotopic (exact) mass is 634 g/mol. The second kappa shape index (κ2) is 11.4. The van der Waals surface area contributed by atoms with E-state index in [9.17, 15) is 22.7 Å². The van der Waals surface area contributed by atoms with E-state index in [-0.39, 0.29) is 32.4 Å². The van der Waals surface area contributed by atoms with Gasteiger partial charge in [-0.15, -0.1) is 0 Å². The van der Waals surface area contributed by atoms with Crippen molar-refractivity contribution in [1.29, 1.82) is 0 Å². The molecule has 0 radical (unpaired) electrons. The number of carboxylic acids is 1. The van der Waals surface area contributed by atoms with E-state index in [0.29, 0.717) is 33.2 Å². The highest BCUT2D eigenvalue weighted by molar-refractivity contribution is 7.90. The summed E-state index contributed by atoms with van der Waals surface area (Å²) in [6.07, 6.45) is 0. The van der Waals surface area contributed by atoms with Crippen LogP contribution in [-0.2, 0) is 10.0 Å². The van der Waals surface area contributed by atoms with Crippen LogP contribution in [0.2, 0.25) is 5.02 Å². The minimum atomic E-state index is -4.27. The van der Waals surface area contributed by atoms with E-state index in [1.807, 2.05) is 13.8 Å². The fourth-order valence-corrected chi connectivity index (χ4v) is 7.33. The largest absolute Gasteiger partial charge is 0.478 e. The summed E-state index contributed by atoms with van der Waals surface area (Å²) in [5, 5.41) is 9.93. The smallest absolute Gasteiger partial charge is 0.335 e. The second-order valence-electron chi connectivity index (χ2n) is 10.7. The molecule has 0 aliphatic heterocycles. The molecule has 0 saturated carbocycles. The molecule has 6 rings (SSSR count). The molecular formula is C36H24ClFN2O4S. The van der Waals surface area contributed by atoms with Crippen molar-refractivity contribution in [3.63, 3.8) is 0 Å². The van der Waals surface area contributed by atoms with Crippen molar-refractivity contribution in [3.8, 4) is 33.5 Å². The summed E-state index contributed by atoms with van der Waals surface area (Å²) in [5.74, 6) is -1.68. The van der Waals surface area contributed by atoms with Crippen molar-refractivity contribution in [2.24, 2.45) is 0 Å². The van der Waals surface area contributed by atoms with Crippen LogP contribution >= 0.6 is 11.6 Å². The highest BCUT2D eigenvalue weighted by atomic mass is 35.5. The van der Waals surface area contributed by atoms with Crippen LogP contribution in [0.25, 0.3) is 49.3 Å². The van der Waals surface area contributed by atoms with Crippen molar-refractivity contribution < 1.29 is 22.7 Å². The number of hydrogen-bond donors (Lipinski definition) is 1. The first-order valence-corrected chi connectivity index (χ1v) is 15.6. The average molecular weight is 635 g/mol. The van der Waals surface area contributed by atoms with Crippen LogP contribution in [0.5, 0.6) is 0 Å². The molecule has 0 aliphatic carbocycles. The highest BCUT2D eigenvalue weighted by Gasteiger charge is 2.30. The van der Waals surface area contributed by atoms with Crippen molar-refractivity contribution in [2.75, 3.05) is 0 Å². The SMILES string of the molecule is [C-]#[N+]c1ccc(C)cc1-c1c(-c2cccc(-c3ccc(C(=O)O)cc3Cl)c2)n(S(=O)(=O)c2ccc(C)cc2)c2ccc(F)cc12. The standard InChI is InChI=1S/C36H24ClFN2O4S/c1-21-7-12-27(13-8-21)45(43,44)40-33-16-11-26(38)20-30(33)34(29-17-22(2)9-15-32(29)39-3)35(40)24-6-4-5-23(18-24)28-14-10-25(36(41)42)19-31(28)37/h4-20H,1-2H3,(H,41,42). The molecule has 0 bridgehead atoms. The number of halogens is 2. The summed E-state index contributed by atoms with van der Waals surface area (Å²) >= 11 is 6.53. The number of aromatic nitrogens is 1. The number of fused-ring (bicyclic) bond motifs is 1. The molecule has 0 aliphatic rings. The normalized spacial score (nSPS) is 11.4. The molecule has 0 saturated heterocycles. The van der Waals surface area contributed by atoms with Gasteiger partial charge in [-0.3, -0.25) is 0 Å². The van der Waals surface area contributed by atoms with Crippen LogP contribution in [0.1, 0.15) is 21.5 Å². The molecular weight excluding hydrogens is 611 g/mol. The van der Waals surface area contributed by atoms with Gasteiger partial charge in [0.1, 0.15) is 5.82 Å². The first kappa shape index (κ1) is 29.8. The molecule has 0 amide bonds. The number of carbonyl (C=O) groups is 1. The number of carboxylic acid groups (broad SMARTS) is 1. The maximum atomic E-state index is 14.9. The van der Waals surface area contributed by atoms with Gasteiger partial charge in [0, 0.05) is 27.1 Å². The maximum Gasteiger partial charge on any atom is 0.335 e. The van der Waals surface area contributed by atoms with Gasteiger partial charge in [0.15, 0.2) is 5.69 Å². The minimum Gasteiger partial charge on any atom is -0.478 e. The maximum absolute atomic E-state index is 14.9. The highest BCUT2D eigenvalue weighted by Crippen LogP contribution is 2.47. The van der Waals surface area contributed by atoms with Gasteiger partial charge in [0.05, 0.1) is 28.2 Å². The number of aryl methyl sites for hydroxylation is 2. The van der Waals surface area contributed by atoms with Crippen LogP contribution in [0.3, 0.4) is 0 Å². The Hall–Kier alpha value is -5.23. The summed E-state index contributed by atoms with van der Waals surface area (Å²) in [6.45, 7) is 11.6. The van der Waals surface area contributed by atoms with Gasteiger partial charge in [-0.05, 0) is 73.5 Å². The van der Waals surface area contributed by atoms with Gasteiger partial charge in [-0.1, -0.05) is 77.3 Å². The van der Waals surface area contributed by atoms with Crippen molar-refractivity contribution in [1.82, 2.24) is 3.97 Å². The summed E-state index contributed by atoms with van der Waals surface area (Å²) in [4.78, 5) is 15.3. The lowest BCUT2D eigenvalue weighted by molar-refractivity contribution is 0.0697. The minimum absolute atomic E-state index is 0.0275. The third-order valence-electron chi connectivity index (χ3n) is 7.65. The van der Waals surface area contributed by atoms with Crippen LogP contribution in [-0.4, -0.2) is 23.5 Å². The Kier molecular flexibility index (Phi) is 7.53. The number of benzene rings is 5. The van der Waals surface area contributed by atoms with E-state index in [1.54, 1.807) is 60.7 Å². The lowest BCUT2D eigenvalue weighted by Crippen LogP contribution is -2.14. The topological polar surface area (TPSA) is 80.7 Å². The first-order valence-electron chi connectivity index (χ1n) is 13.8. The van der Waals surface area contributed by atoms with Crippen molar-refractivity contribution >= 4 is 44.2 Å². The quantitative estimate of drug-likeness (QED) is 0.185. The number of hydrogen-bond acceptors (Lipinski definition) is 3. The van der Waals surface area contributed by atoms with E-state index < -0.39 is 21.8 Å². The lowest BCUT2D eigenvalue weighted by Gasteiger charge is -2.16. The molecule has 5 aromatic carbocycles. The van der Waals surface area contributed by atoms with E-state index in [4.69, 9.17) is 18.2 Å². The Labute approximate surface area is 264 Å². The van der Waals surface area contributed by atoms with Crippen molar-refractivity contribution in [2.45, 2.75) is 18.7 Å². The Morgan fingerprint density at radius 1 is 0.844 bits per heavy atom. The van der Waals surface area contributed by atoms with Gasteiger partial charge in [0.2, 0.25) is 0 Å². The zero-order chi connectivity index (χ0) is 32.0. The van der Waals surface area contributed by atoms with E-state index >= 15 is 0 Å². The molecule has 6 nitrogen and oxygen atoms in total. The summed E-state index contributed by atoms with van der Waals surface area (Å²) in [7, 11) is -4.27. The Bertz CT molecular complexity index is 2320. The van der Waals surface area contributed by atoms with Crippen LogP contribution in [0.15, 0.2) is 108 Å². The fraction of sp³-hybridized carbons (Fsp3) is 0.0556. The van der Waals surface area contributed by atoms with Gasteiger partial charge in [-0.25, -0.2) is 26.4 Å². The molecule has 6 aromatic rings. The molecule has 0 spiro atoms. The van der Waals surface area contributed by atoms with E-state index in [1.165, 1.54) is 46.4 Å². The molecule has 1 N–H and O–H groups in total. The molecule has 1 heterocycles. The van der Waals surface area contributed by atoms with E-state index in [0.717, 1.165) is 11.1 Å². The Morgan fingerprint density at radius 2 is 1.56 bits per heavy atom. The molecule has 222 valence electrons. The van der Waals surface area contributed by atoms with Gasteiger partial charge in [0.25, 0.3) is 10.0 Å². The fourth-order valence-electron chi connectivity index (χ4n) is 5.50. The molecule has 45 heavy (non-hydrogen) atoms. The Balaban J connectivity index is 1.75. The van der Waals surface area contributed by atoms with Crippen LogP contribution < -0.4 is 0 Å². The molecule has 0 unspecified atom stereocenters. The summed E-state index contributed by atoms with van der Waals surface area (Å²) in [5.41, 5.74) is 4.97. The second-order valence-corrected chi connectivity index (χ2v) is 12.9. The van der Waals surface area contributed by atoms with Gasteiger partial charge >= 0.3 is 5.97 Å². The zero-order valence-corrected chi connectivity index (χ0v) is 25.6. The number of aromatic carboxylic acids is 1. The average Bonchev–Trinajstić information content (AvgIpc) is 3.36. The lowest BCUT2D eigenvalue weighted by atomic mass is 9.94. The first-order chi connectivity index (χ1) is 21.5. The molecule has 0 atom stereocenters. The Morgan fingerprint density at radius 3 is 2.24 bits per heavy atom. The molecule has 9 heteroatoms. The molecule has 1 aromatic heterocycles. The third-order valence-corrected chi connectivity index (χ3v) is 9.69. The predicted octanol–water partition coefficient (Wildman–Crippen LogP) is 9.54. The zero-order valence-electron chi connectivity index (χ0n) is 24.0. The number of rotatable bonds is 6. The van der Waals surface area contributed by atoms with Crippen LogP contribution in [0, 0.1) is 26.2 Å². The van der Waals surface area contributed by atoms with Crippen LogP contribution in [0.4, 0.5) is 10.1 Å². The van der Waals surface area contributed by atoms with E-state index in [2.05, 4.69) is 4.85 Å². The predicted molar refractivity (Wildman–Crippen MR) is 175 cm³/mol. The summed E-state index contributed by atoms with van der Waals surface area (Å²) < 4.78 is 45.3. The van der Waals surface area contributed by atoms with Crippen molar-refractivity contribution in [3.05, 3.63) is 142 Å². The van der Waals surface area contributed by atoms with Gasteiger partial charge < -0.3 is 5.11 Å².